The van der Waals surface area contributed by atoms with E-state index in [1.54, 1.807) is 6.20 Å². The van der Waals surface area contributed by atoms with Crippen LogP contribution in [-0.2, 0) is 0 Å². The van der Waals surface area contributed by atoms with Gasteiger partial charge < -0.3 is 0 Å². The molecule has 0 bridgehead atoms. The van der Waals surface area contributed by atoms with E-state index in [9.17, 15) is 4.79 Å². The summed E-state index contributed by atoms with van der Waals surface area (Å²) in [6.07, 6.45) is 1.74. The van der Waals surface area contributed by atoms with Gasteiger partial charge in [-0.2, -0.15) is 0 Å². The number of rotatable bonds is 2. The Balaban J connectivity index is 2.18. The first-order valence-electron chi connectivity index (χ1n) is 6.31. The first-order chi connectivity index (χ1) is 9.66. The summed E-state index contributed by atoms with van der Waals surface area (Å²) in [6, 6.07) is 15.1. The van der Waals surface area contributed by atoms with Crippen molar-refractivity contribution in [1.29, 1.82) is 0 Å². The molecule has 2 aromatic carbocycles. The van der Waals surface area contributed by atoms with Crippen LogP contribution in [0.3, 0.4) is 0 Å². The van der Waals surface area contributed by atoms with Crippen LogP contribution >= 0.6 is 15.9 Å². The second-order valence-electron chi connectivity index (χ2n) is 4.66. The quantitative estimate of drug-likeness (QED) is 0.647. The van der Waals surface area contributed by atoms with Crippen LogP contribution in [-0.4, -0.2) is 10.8 Å². The average molecular weight is 326 g/mol. The van der Waals surface area contributed by atoms with Crippen LogP contribution in [0.25, 0.3) is 10.9 Å². The summed E-state index contributed by atoms with van der Waals surface area (Å²) in [5.41, 5.74) is 3.23. The summed E-state index contributed by atoms with van der Waals surface area (Å²) in [5.74, 6) is 0.0357. The summed E-state index contributed by atoms with van der Waals surface area (Å²) in [6.45, 7) is 1.95. The van der Waals surface area contributed by atoms with Crippen LogP contribution in [0.1, 0.15) is 21.5 Å². The number of fused-ring (bicyclic) bond motifs is 1. The molecule has 0 saturated carbocycles. The lowest BCUT2D eigenvalue weighted by molar-refractivity contribution is 0.103. The van der Waals surface area contributed by atoms with E-state index < -0.39 is 0 Å². The van der Waals surface area contributed by atoms with Crippen molar-refractivity contribution < 1.29 is 4.79 Å². The van der Waals surface area contributed by atoms with Crippen LogP contribution in [0, 0.1) is 6.92 Å². The zero-order chi connectivity index (χ0) is 14.1. The molecule has 0 unspecified atom stereocenters. The van der Waals surface area contributed by atoms with Crippen molar-refractivity contribution >= 4 is 32.6 Å². The fourth-order valence-electron chi connectivity index (χ4n) is 2.33. The molecule has 0 aliphatic heterocycles. The second-order valence-corrected chi connectivity index (χ2v) is 5.58. The van der Waals surface area contributed by atoms with Crippen LogP contribution in [0.4, 0.5) is 0 Å². The number of aryl methyl sites for hydroxylation is 1. The minimum atomic E-state index is 0.0357. The molecule has 0 saturated heterocycles. The smallest absolute Gasteiger partial charge is 0.193 e. The molecule has 0 aliphatic carbocycles. The van der Waals surface area contributed by atoms with Gasteiger partial charge in [-0.05, 0) is 42.8 Å². The molecule has 98 valence electrons. The number of hydrogen-bond donors (Lipinski definition) is 0. The first-order valence-corrected chi connectivity index (χ1v) is 7.11. The number of carbonyl (C=O) groups is 1. The normalized spacial score (nSPS) is 10.7. The number of benzene rings is 2. The van der Waals surface area contributed by atoms with Crippen molar-refractivity contribution in [3.63, 3.8) is 0 Å². The molecular formula is C17H12BrNO. The number of ketones is 1. The second kappa shape index (κ2) is 5.17. The summed E-state index contributed by atoms with van der Waals surface area (Å²) in [4.78, 5) is 17.0. The number of pyridine rings is 1. The third kappa shape index (κ3) is 2.25. The monoisotopic (exact) mass is 325 g/mol. The van der Waals surface area contributed by atoms with E-state index in [2.05, 4.69) is 20.9 Å². The maximum absolute atomic E-state index is 12.7. The minimum absolute atomic E-state index is 0.0357. The molecular weight excluding hydrogens is 314 g/mol. The summed E-state index contributed by atoms with van der Waals surface area (Å²) >= 11 is 3.42. The molecule has 1 aromatic heterocycles. The Hall–Kier alpha value is -2.00. The van der Waals surface area contributed by atoms with E-state index >= 15 is 0 Å². The van der Waals surface area contributed by atoms with Gasteiger partial charge >= 0.3 is 0 Å². The number of carbonyl (C=O) groups excluding carboxylic acids is 1. The Bertz CT molecular complexity index is 806. The van der Waals surface area contributed by atoms with E-state index in [0.29, 0.717) is 5.56 Å². The summed E-state index contributed by atoms with van der Waals surface area (Å²) in [5, 5.41) is 0.891. The Morgan fingerprint density at radius 3 is 2.70 bits per heavy atom. The largest absolute Gasteiger partial charge is 0.289 e. The van der Waals surface area contributed by atoms with E-state index in [1.807, 2.05) is 55.5 Å². The van der Waals surface area contributed by atoms with Crippen molar-refractivity contribution in [2.24, 2.45) is 0 Å². The van der Waals surface area contributed by atoms with Gasteiger partial charge in [-0.1, -0.05) is 34.1 Å². The predicted octanol–water partition coefficient (Wildman–Crippen LogP) is 4.54. The highest BCUT2D eigenvalue weighted by Gasteiger charge is 2.14. The van der Waals surface area contributed by atoms with Gasteiger partial charge in [0, 0.05) is 27.2 Å². The van der Waals surface area contributed by atoms with Gasteiger partial charge in [0.25, 0.3) is 0 Å². The van der Waals surface area contributed by atoms with Gasteiger partial charge in [0.15, 0.2) is 5.78 Å². The highest BCUT2D eigenvalue weighted by Crippen LogP contribution is 2.23. The van der Waals surface area contributed by atoms with Gasteiger partial charge in [-0.25, -0.2) is 0 Å². The lowest BCUT2D eigenvalue weighted by Gasteiger charge is -2.08. The maximum atomic E-state index is 12.7. The molecule has 0 atom stereocenters. The van der Waals surface area contributed by atoms with Crippen LogP contribution in [0.5, 0.6) is 0 Å². The SMILES string of the molecule is Cc1cc(Br)ccc1C(=O)c1cccc2ncccc12. The van der Waals surface area contributed by atoms with Gasteiger partial charge in [-0.15, -0.1) is 0 Å². The van der Waals surface area contributed by atoms with E-state index in [-0.39, 0.29) is 5.78 Å². The Morgan fingerprint density at radius 1 is 1.05 bits per heavy atom. The lowest BCUT2D eigenvalue weighted by atomic mass is 9.96. The van der Waals surface area contributed by atoms with Crippen LogP contribution in [0.15, 0.2) is 59.2 Å². The number of aromatic nitrogens is 1. The summed E-state index contributed by atoms with van der Waals surface area (Å²) < 4.78 is 0.978. The maximum Gasteiger partial charge on any atom is 0.193 e. The van der Waals surface area contributed by atoms with E-state index in [1.165, 1.54) is 0 Å². The van der Waals surface area contributed by atoms with Crippen molar-refractivity contribution in [2.45, 2.75) is 6.92 Å². The van der Waals surface area contributed by atoms with Crippen molar-refractivity contribution in [3.8, 4) is 0 Å². The van der Waals surface area contributed by atoms with E-state index in [0.717, 1.165) is 26.5 Å². The van der Waals surface area contributed by atoms with Crippen LogP contribution < -0.4 is 0 Å². The molecule has 0 fully saturated rings. The van der Waals surface area contributed by atoms with Gasteiger partial charge in [0.1, 0.15) is 0 Å². The van der Waals surface area contributed by atoms with Crippen molar-refractivity contribution in [1.82, 2.24) is 4.98 Å². The molecule has 0 N–H and O–H groups in total. The summed E-state index contributed by atoms with van der Waals surface area (Å²) in [7, 11) is 0. The molecule has 20 heavy (non-hydrogen) atoms. The Kier molecular flexibility index (Phi) is 3.36. The zero-order valence-corrected chi connectivity index (χ0v) is 12.5. The topological polar surface area (TPSA) is 30.0 Å². The minimum Gasteiger partial charge on any atom is -0.289 e. The first kappa shape index (κ1) is 13.0. The third-order valence-corrected chi connectivity index (χ3v) is 3.82. The van der Waals surface area contributed by atoms with Gasteiger partial charge in [0.05, 0.1) is 5.52 Å². The lowest BCUT2D eigenvalue weighted by Crippen LogP contribution is -2.04. The predicted molar refractivity (Wildman–Crippen MR) is 84.1 cm³/mol. The molecule has 3 aromatic rings. The fourth-order valence-corrected chi connectivity index (χ4v) is 2.80. The molecule has 0 spiro atoms. The Labute approximate surface area is 125 Å². The van der Waals surface area contributed by atoms with Crippen LogP contribution in [0.2, 0.25) is 0 Å². The van der Waals surface area contributed by atoms with Gasteiger partial charge in [-0.3, -0.25) is 9.78 Å². The molecule has 0 aliphatic rings. The van der Waals surface area contributed by atoms with Crippen molar-refractivity contribution in [2.75, 3.05) is 0 Å². The zero-order valence-electron chi connectivity index (χ0n) is 10.9. The standard InChI is InChI=1S/C17H12BrNO/c1-11-10-12(18)7-8-13(11)17(20)15-4-2-6-16-14(15)5-3-9-19-16/h2-10H,1H3. The third-order valence-electron chi connectivity index (χ3n) is 3.32. The molecule has 3 rings (SSSR count). The molecule has 0 amide bonds. The number of nitrogens with zero attached hydrogens (tertiary/aromatic N) is 1. The van der Waals surface area contributed by atoms with E-state index in [4.69, 9.17) is 0 Å². The molecule has 1 heterocycles. The van der Waals surface area contributed by atoms with Crippen molar-refractivity contribution in [3.05, 3.63) is 75.9 Å². The number of hydrogen-bond acceptors (Lipinski definition) is 2. The molecule has 0 radical (unpaired) electrons. The average Bonchev–Trinajstić information content (AvgIpc) is 2.46. The fraction of sp³-hybridized carbons (Fsp3) is 0.0588. The highest BCUT2D eigenvalue weighted by molar-refractivity contribution is 9.10. The Morgan fingerprint density at radius 2 is 1.90 bits per heavy atom. The van der Waals surface area contributed by atoms with Gasteiger partial charge in [0.2, 0.25) is 0 Å². The number of halogens is 1. The molecule has 3 heteroatoms. The molecule has 2 nitrogen and oxygen atoms in total. The highest BCUT2D eigenvalue weighted by atomic mass is 79.9.